The number of nitrogens with zero attached hydrogens (tertiary/aromatic N) is 2. The number of hydrogen-bond acceptors (Lipinski definition) is 4. The lowest BCUT2D eigenvalue weighted by Gasteiger charge is -2.07. The summed E-state index contributed by atoms with van der Waals surface area (Å²) >= 11 is 1.46. The number of para-hydroxylation sites is 1. The van der Waals surface area contributed by atoms with Crippen LogP contribution in [0.3, 0.4) is 0 Å². The van der Waals surface area contributed by atoms with E-state index in [2.05, 4.69) is 27.4 Å². The molecule has 3 aromatic rings. The first kappa shape index (κ1) is 17.4. The van der Waals surface area contributed by atoms with Crippen LogP contribution in [0.25, 0.3) is 10.9 Å². The fourth-order valence-corrected chi connectivity index (χ4v) is 3.51. The van der Waals surface area contributed by atoms with Crippen molar-refractivity contribution in [2.75, 3.05) is 12.3 Å². The van der Waals surface area contributed by atoms with Crippen LogP contribution >= 0.6 is 11.8 Å². The number of aromatic nitrogens is 2. The van der Waals surface area contributed by atoms with Crippen molar-refractivity contribution in [1.29, 1.82) is 0 Å². The minimum absolute atomic E-state index is 0.0402. The van der Waals surface area contributed by atoms with Crippen LogP contribution in [0.4, 0.5) is 0 Å². The van der Waals surface area contributed by atoms with E-state index in [-0.39, 0.29) is 5.91 Å². The molecule has 1 amide bonds. The van der Waals surface area contributed by atoms with E-state index in [0.29, 0.717) is 12.3 Å². The molecule has 4 nitrogen and oxygen atoms in total. The third-order valence-corrected chi connectivity index (χ3v) is 4.82. The Morgan fingerprint density at radius 3 is 2.64 bits per heavy atom. The second-order valence-corrected chi connectivity index (χ2v) is 6.78. The van der Waals surface area contributed by atoms with Crippen molar-refractivity contribution in [3.63, 3.8) is 0 Å². The molecular weight excluding hydrogens is 330 g/mol. The lowest BCUT2D eigenvalue weighted by Crippen LogP contribution is -2.26. The molecule has 25 heavy (non-hydrogen) atoms. The summed E-state index contributed by atoms with van der Waals surface area (Å²) in [6, 6.07) is 18.2. The molecule has 0 spiro atoms. The first-order valence-electron chi connectivity index (χ1n) is 8.39. The monoisotopic (exact) mass is 351 g/mol. The molecule has 0 aliphatic heterocycles. The molecular formula is C20H21N3OS. The number of fused-ring (bicyclic) bond motifs is 1. The Labute approximate surface area is 152 Å². The number of hydrogen-bond donors (Lipinski definition) is 1. The van der Waals surface area contributed by atoms with Gasteiger partial charge in [-0.05, 0) is 31.4 Å². The number of nitrogens with one attached hydrogen (secondary N) is 1. The molecule has 3 rings (SSSR count). The number of carbonyl (C=O) groups is 1. The van der Waals surface area contributed by atoms with Gasteiger partial charge in [-0.1, -0.05) is 60.3 Å². The summed E-state index contributed by atoms with van der Waals surface area (Å²) in [5.41, 5.74) is 2.22. The zero-order valence-electron chi connectivity index (χ0n) is 14.2. The molecule has 0 aliphatic rings. The average Bonchev–Trinajstić information content (AvgIpc) is 2.64. The van der Waals surface area contributed by atoms with Gasteiger partial charge in [0.1, 0.15) is 10.9 Å². The Bertz CT molecular complexity index is 852. The molecule has 1 heterocycles. The van der Waals surface area contributed by atoms with Crippen LogP contribution in [0.2, 0.25) is 0 Å². The van der Waals surface area contributed by atoms with Crippen LogP contribution in [-0.2, 0) is 11.2 Å². The molecule has 128 valence electrons. The van der Waals surface area contributed by atoms with Crippen molar-refractivity contribution < 1.29 is 4.79 Å². The van der Waals surface area contributed by atoms with Gasteiger partial charge in [0.25, 0.3) is 0 Å². The summed E-state index contributed by atoms with van der Waals surface area (Å²) in [5.74, 6) is 1.13. The van der Waals surface area contributed by atoms with Gasteiger partial charge in [-0.25, -0.2) is 9.97 Å². The van der Waals surface area contributed by atoms with Crippen LogP contribution in [0.15, 0.2) is 59.6 Å². The van der Waals surface area contributed by atoms with Crippen LogP contribution in [0, 0.1) is 6.92 Å². The average molecular weight is 351 g/mol. The number of benzene rings is 2. The van der Waals surface area contributed by atoms with Crippen LogP contribution in [0.5, 0.6) is 0 Å². The predicted octanol–water partition coefficient (Wildman–Crippen LogP) is 3.78. The molecule has 0 saturated carbocycles. The molecule has 0 saturated heterocycles. The molecule has 5 heteroatoms. The number of carbonyl (C=O) groups excluding carboxylic acids is 1. The van der Waals surface area contributed by atoms with Crippen molar-refractivity contribution in [1.82, 2.24) is 15.3 Å². The van der Waals surface area contributed by atoms with Crippen molar-refractivity contribution in [2.45, 2.75) is 24.8 Å². The van der Waals surface area contributed by atoms with E-state index in [9.17, 15) is 4.79 Å². The lowest BCUT2D eigenvalue weighted by molar-refractivity contribution is -0.118. The van der Waals surface area contributed by atoms with E-state index >= 15 is 0 Å². The summed E-state index contributed by atoms with van der Waals surface area (Å²) < 4.78 is 0. The maximum Gasteiger partial charge on any atom is 0.230 e. The van der Waals surface area contributed by atoms with Crippen molar-refractivity contribution in [3.05, 3.63) is 66.0 Å². The van der Waals surface area contributed by atoms with E-state index in [0.717, 1.165) is 34.6 Å². The molecule has 0 fully saturated rings. The van der Waals surface area contributed by atoms with Gasteiger partial charge in [0, 0.05) is 11.9 Å². The number of rotatable bonds is 7. The molecule has 1 N–H and O–H groups in total. The van der Waals surface area contributed by atoms with Crippen molar-refractivity contribution >= 4 is 28.6 Å². The van der Waals surface area contributed by atoms with Gasteiger partial charge in [0.15, 0.2) is 0 Å². The van der Waals surface area contributed by atoms with Crippen LogP contribution in [-0.4, -0.2) is 28.2 Å². The standard InChI is InChI=1S/C20H21N3OS/c1-15-22-18-12-6-5-11-17(18)20(23-15)25-14-19(24)21-13-7-10-16-8-3-2-4-9-16/h2-6,8-9,11-12H,7,10,13-14H2,1H3,(H,21,24). The molecule has 0 radical (unpaired) electrons. The Hall–Kier alpha value is -2.40. The van der Waals surface area contributed by atoms with Gasteiger partial charge in [0.2, 0.25) is 5.91 Å². The maximum atomic E-state index is 12.1. The number of amides is 1. The first-order valence-corrected chi connectivity index (χ1v) is 9.38. The summed E-state index contributed by atoms with van der Waals surface area (Å²) in [6.45, 7) is 2.57. The van der Waals surface area contributed by atoms with Gasteiger partial charge < -0.3 is 5.32 Å². The number of aryl methyl sites for hydroxylation is 2. The Morgan fingerprint density at radius 1 is 1.04 bits per heavy atom. The number of thioether (sulfide) groups is 1. The van der Waals surface area contributed by atoms with Gasteiger partial charge in [0.05, 0.1) is 11.3 Å². The van der Waals surface area contributed by atoms with E-state index in [1.807, 2.05) is 49.4 Å². The molecule has 1 aromatic heterocycles. The summed E-state index contributed by atoms with van der Waals surface area (Å²) in [7, 11) is 0. The fourth-order valence-electron chi connectivity index (χ4n) is 2.62. The highest BCUT2D eigenvalue weighted by Gasteiger charge is 2.08. The smallest absolute Gasteiger partial charge is 0.230 e. The summed E-state index contributed by atoms with van der Waals surface area (Å²) in [6.07, 6.45) is 1.92. The second kappa shape index (κ2) is 8.62. The third kappa shape index (κ3) is 5.03. The lowest BCUT2D eigenvalue weighted by atomic mass is 10.1. The van der Waals surface area contributed by atoms with E-state index < -0.39 is 0 Å². The summed E-state index contributed by atoms with van der Waals surface area (Å²) in [5, 5.41) is 4.84. The second-order valence-electron chi connectivity index (χ2n) is 5.82. The van der Waals surface area contributed by atoms with E-state index in [1.54, 1.807) is 0 Å². The highest BCUT2D eigenvalue weighted by Crippen LogP contribution is 2.24. The fraction of sp³-hybridized carbons (Fsp3) is 0.250. The maximum absolute atomic E-state index is 12.1. The molecule has 0 bridgehead atoms. The van der Waals surface area contributed by atoms with Crippen LogP contribution in [0.1, 0.15) is 17.8 Å². The van der Waals surface area contributed by atoms with Gasteiger partial charge in [-0.2, -0.15) is 0 Å². The quantitative estimate of drug-likeness (QED) is 0.400. The van der Waals surface area contributed by atoms with E-state index in [4.69, 9.17) is 0 Å². The van der Waals surface area contributed by atoms with Crippen molar-refractivity contribution in [3.8, 4) is 0 Å². The van der Waals surface area contributed by atoms with E-state index in [1.165, 1.54) is 17.3 Å². The zero-order chi connectivity index (χ0) is 17.5. The summed E-state index contributed by atoms with van der Waals surface area (Å²) in [4.78, 5) is 21.0. The molecule has 0 atom stereocenters. The minimum atomic E-state index is 0.0402. The minimum Gasteiger partial charge on any atom is -0.355 e. The molecule has 0 aliphatic carbocycles. The Balaban J connectivity index is 1.48. The van der Waals surface area contributed by atoms with Gasteiger partial charge in [-0.15, -0.1) is 0 Å². The topological polar surface area (TPSA) is 54.9 Å². The highest BCUT2D eigenvalue weighted by atomic mass is 32.2. The normalized spacial score (nSPS) is 10.8. The SMILES string of the molecule is Cc1nc(SCC(=O)NCCCc2ccccc2)c2ccccc2n1. The highest BCUT2D eigenvalue weighted by molar-refractivity contribution is 8.00. The predicted molar refractivity (Wildman–Crippen MR) is 103 cm³/mol. The third-order valence-electron chi connectivity index (χ3n) is 3.83. The molecule has 2 aromatic carbocycles. The van der Waals surface area contributed by atoms with Gasteiger partial charge >= 0.3 is 0 Å². The van der Waals surface area contributed by atoms with Crippen LogP contribution < -0.4 is 5.32 Å². The Morgan fingerprint density at radius 2 is 1.80 bits per heavy atom. The zero-order valence-corrected chi connectivity index (χ0v) is 15.1. The largest absolute Gasteiger partial charge is 0.355 e. The first-order chi connectivity index (χ1) is 12.2. The Kier molecular flexibility index (Phi) is 6.01. The van der Waals surface area contributed by atoms with Gasteiger partial charge in [-0.3, -0.25) is 4.79 Å². The molecule has 0 unspecified atom stereocenters. The van der Waals surface area contributed by atoms with Crippen molar-refractivity contribution in [2.24, 2.45) is 0 Å².